The number of anilines is 1. The second-order valence-electron chi connectivity index (χ2n) is 4.02. The van der Waals surface area contributed by atoms with E-state index in [1.54, 1.807) is 0 Å². The number of H-pyrrole nitrogens is 1. The van der Waals surface area contributed by atoms with Crippen molar-refractivity contribution in [2.45, 2.75) is 32.6 Å². The third-order valence-corrected chi connectivity index (χ3v) is 3.84. The van der Waals surface area contributed by atoms with E-state index in [0.717, 1.165) is 15.6 Å². The van der Waals surface area contributed by atoms with E-state index in [-0.39, 0.29) is 0 Å². The van der Waals surface area contributed by atoms with Gasteiger partial charge in [-0.3, -0.25) is 5.10 Å². The van der Waals surface area contributed by atoms with E-state index < -0.39 is 0 Å². The van der Waals surface area contributed by atoms with E-state index in [4.69, 9.17) is 12.2 Å². The number of nitrogens with zero attached hydrogens (tertiary/aromatic N) is 1. The molecule has 0 radical (unpaired) electrons. The normalized spacial score (nSPS) is 18.1. The Morgan fingerprint density at radius 1 is 1.64 bits per heavy atom. The molecule has 1 saturated carbocycles. The van der Waals surface area contributed by atoms with Gasteiger partial charge in [-0.05, 0) is 36.9 Å². The maximum atomic E-state index is 4.97. The van der Waals surface area contributed by atoms with Crippen LogP contribution in [-0.4, -0.2) is 16.7 Å². The van der Waals surface area contributed by atoms with Crippen LogP contribution in [0.15, 0.2) is 0 Å². The molecule has 2 N–H and O–H groups in total. The van der Waals surface area contributed by atoms with Crippen molar-refractivity contribution in [2.24, 2.45) is 5.41 Å². The Bertz CT molecular complexity index is 351. The standard InChI is InChI=1S/C9H15N3S2/c1-2-3-9(4-5-9)6-10-7-11-12-8(13)14-7/h2-6H2,1H3,(H,10,11)(H,12,13). The number of aromatic amines is 1. The first-order chi connectivity index (χ1) is 6.74. The molecule has 0 amide bonds. The summed E-state index contributed by atoms with van der Waals surface area (Å²) in [5.41, 5.74) is 0.571. The molecular formula is C9H15N3S2. The number of hydrogen-bond donors (Lipinski definition) is 2. The zero-order valence-corrected chi connectivity index (χ0v) is 9.93. The summed E-state index contributed by atoms with van der Waals surface area (Å²) in [6.45, 7) is 3.30. The minimum absolute atomic E-state index is 0.571. The zero-order chi connectivity index (χ0) is 10.0. The summed E-state index contributed by atoms with van der Waals surface area (Å²) < 4.78 is 0.743. The van der Waals surface area contributed by atoms with E-state index in [0.29, 0.717) is 5.41 Å². The Balaban J connectivity index is 1.85. The van der Waals surface area contributed by atoms with Crippen molar-refractivity contribution in [1.29, 1.82) is 0 Å². The van der Waals surface area contributed by atoms with Crippen LogP contribution in [-0.2, 0) is 0 Å². The smallest absolute Gasteiger partial charge is 0.204 e. The van der Waals surface area contributed by atoms with Crippen molar-refractivity contribution >= 4 is 28.7 Å². The third kappa shape index (κ3) is 2.33. The van der Waals surface area contributed by atoms with Gasteiger partial charge in [0.1, 0.15) is 0 Å². The average Bonchev–Trinajstić information content (AvgIpc) is 2.80. The van der Waals surface area contributed by atoms with E-state index >= 15 is 0 Å². The monoisotopic (exact) mass is 229 g/mol. The van der Waals surface area contributed by atoms with Crippen LogP contribution >= 0.6 is 23.6 Å². The molecule has 0 unspecified atom stereocenters. The Morgan fingerprint density at radius 2 is 2.43 bits per heavy atom. The molecule has 0 atom stereocenters. The van der Waals surface area contributed by atoms with Crippen molar-refractivity contribution in [3.05, 3.63) is 3.95 Å². The van der Waals surface area contributed by atoms with Crippen LogP contribution in [0.5, 0.6) is 0 Å². The Kier molecular flexibility index (Phi) is 2.88. The van der Waals surface area contributed by atoms with Crippen molar-refractivity contribution in [1.82, 2.24) is 10.2 Å². The van der Waals surface area contributed by atoms with Gasteiger partial charge in [-0.25, -0.2) is 0 Å². The van der Waals surface area contributed by atoms with Gasteiger partial charge in [0.15, 0.2) is 3.95 Å². The van der Waals surface area contributed by atoms with E-state index in [1.165, 1.54) is 37.0 Å². The molecule has 1 aromatic heterocycles. The molecule has 5 heteroatoms. The van der Waals surface area contributed by atoms with E-state index in [2.05, 4.69) is 22.4 Å². The largest absolute Gasteiger partial charge is 0.360 e. The molecule has 1 aliphatic carbocycles. The fourth-order valence-corrected chi connectivity index (χ4v) is 2.58. The summed E-state index contributed by atoms with van der Waals surface area (Å²) in [6, 6.07) is 0. The van der Waals surface area contributed by atoms with Gasteiger partial charge in [0.05, 0.1) is 0 Å². The van der Waals surface area contributed by atoms with Gasteiger partial charge in [-0.15, -0.1) is 5.10 Å². The van der Waals surface area contributed by atoms with Gasteiger partial charge >= 0.3 is 0 Å². The molecule has 2 rings (SSSR count). The molecule has 14 heavy (non-hydrogen) atoms. The van der Waals surface area contributed by atoms with Gasteiger partial charge < -0.3 is 5.32 Å². The van der Waals surface area contributed by atoms with E-state index in [9.17, 15) is 0 Å². The third-order valence-electron chi connectivity index (χ3n) is 2.79. The lowest BCUT2D eigenvalue weighted by atomic mass is 10.0. The van der Waals surface area contributed by atoms with Crippen LogP contribution in [0, 0.1) is 9.37 Å². The highest BCUT2D eigenvalue weighted by atomic mass is 32.1. The predicted octanol–water partition coefficient (Wildman–Crippen LogP) is 3.19. The van der Waals surface area contributed by atoms with E-state index in [1.807, 2.05) is 0 Å². The lowest BCUT2D eigenvalue weighted by molar-refractivity contribution is 0.485. The van der Waals surface area contributed by atoms with Gasteiger partial charge in [0, 0.05) is 6.54 Å². The van der Waals surface area contributed by atoms with Crippen LogP contribution in [0.3, 0.4) is 0 Å². The fraction of sp³-hybridized carbons (Fsp3) is 0.778. The highest BCUT2D eigenvalue weighted by Gasteiger charge is 2.41. The van der Waals surface area contributed by atoms with Gasteiger partial charge in [0.25, 0.3) is 0 Å². The zero-order valence-electron chi connectivity index (χ0n) is 8.30. The summed E-state index contributed by atoms with van der Waals surface area (Å²) in [7, 11) is 0. The Hall–Kier alpha value is -0.420. The lowest BCUT2D eigenvalue weighted by Crippen LogP contribution is -2.14. The van der Waals surface area contributed by atoms with Gasteiger partial charge in [-0.1, -0.05) is 24.7 Å². The summed E-state index contributed by atoms with van der Waals surface area (Å²) in [6.07, 6.45) is 5.33. The highest BCUT2D eigenvalue weighted by molar-refractivity contribution is 7.73. The molecule has 1 aromatic rings. The SMILES string of the molecule is CCCC1(CNc2n[nH]c(=S)s2)CC1. The summed E-state index contributed by atoms with van der Waals surface area (Å²) in [5, 5.41) is 11.2. The minimum Gasteiger partial charge on any atom is -0.360 e. The van der Waals surface area contributed by atoms with Crippen molar-refractivity contribution in [3.63, 3.8) is 0 Å². The second kappa shape index (κ2) is 3.98. The molecule has 78 valence electrons. The van der Waals surface area contributed by atoms with Crippen LogP contribution in [0.25, 0.3) is 0 Å². The second-order valence-corrected chi connectivity index (χ2v) is 5.69. The molecular weight excluding hydrogens is 214 g/mol. The maximum absolute atomic E-state index is 4.97. The predicted molar refractivity (Wildman–Crippen MR) is 62.4 cm³/mol. The highest BCUT2D eigenvalue weighted by Crippen LogP contribution is 2.49. The Labute approximate surface area is 92.9 Å². The fourth-order valence-electron chi connectivity index (χ4n) is 1.79. The van der Waals surface area contributed by atoms with Crippen molar-refractivity contribution < 1.29 is 0 Å². The molecule has 1 heterocycles. The van der Waals surface area contributed by atoms with Gasteiger partial charge in [0.2, 0.25) is 5.13 Å². The number of nitrogens with one attached hydrogen (secondary N) is 2. The van der Waals surface area contributed by atoms with Crippen molar-refractivity contribution in [3.8, 4) is 0 Å². The first-order valence-corrected chi connectivity index (χ1v) is 6.26. The molecule has 0 saturated heterocycles. The summed E-state index contributed by atoms with van der Waals surface area (Å²) in [4.78, 5) is 0. The molecule has 0 spiro atoms. The summed E-state index contributed by atoms with van der Waals surface area (Å²) in [5.74, 6) is 0. The number of rotatable bonds is 5. The first-order valence-electron chi connectivity index (χ1n) is 5.03. The van der Waals surface area contributed by atoms with Crippen molar-refractivity contribution in [2.75, 3.05) is 11.9 Å². The topological polar surface area (TPSA) is 40.7 Å². The van der Waals surface area contributed by atoms with Crippen LogP contribution in [0.1, 0.15) is 32.6 Å². The minimum atomic E-state index is 0.571. The molecule has 0 bridgehead atoms. The molecule has 3 nitrogen and oxygen atoms in total. The molecule has 0 aliphatic heterocycles. The molecule has 0 aromatic carbocycles. The first kappa shape index (κ1) is 10.1. The summed E-state index contributed by atoms with van der Waals surface area (Å²) >= 11 is 6.48. The molecule has 1 fully saturated rings. The maximum Gasteiger partial charge on any atom is 0.204 e. The van der Waals surface area contributed by atoms with Crippen LogP contribution < -0.4 is 5.32 Å². The van der Waals surface area contributed by atoms with Crippen LogP contribution in [0.4, 0.5) is 5.13 Å². The number of hydrogen-bond acceptors (Lipinski definition) is 4. The number of aromatic nitrogens is 2. The quantitative estimate of drug-likeness (QED) is 0.762. The molecule has 1 aliphatic rings. The average molecular weight is 229 g/mol. The Morgan fingerprint density at radius 3 is 2.93 bits per heavy atom. The van der Waals surface area contributed by atoms with Crippen LogP contribution in [0.2, 0.25) is 0 Å². The lowest BCUT2D eigenvalue weighted by Gasteiger charge is -2.13. The van der Waals surface area contributed by atoms with Gasteiger partial charge in [-0.2, -0.15) is 0 Å².